The van der Waals surface area contributed by atoms with E-state index in [4.69, 9.17) is 0 Å². The summed E-state index contributed by atoms with van der Waals surface area (Å²) in [7, 11) is 0. The molecule has 0 radical (unpaired) electrons. The molecule has 0 aliphatic heterocycles. The smallest absolute Gasteiger partial charge is 0.0107 e. The van der Waals surface area contributed by atoms with E-state index in [-0.39, 0.29) is 0 Å². The van der Waals surface area contributed by atoms with Gasteiger partial charge in [-0.1, -0.05) is 44.0 Å². The minimum Gasteiger partial charge on any atom is -0.314 e. The lowest BCUT2D eigenvalue weighted by Crippen LogP contribution is -2.31. The topological polar surface area (TPSA) is 12.0 Å². The van der Waals surface area contributed by atoms with Crippen molar-refractivity contribution in [3.63, 3.8) is 0 Å². The Morgan fingerprint density at radius 3 is 2.53 bits per heavy atom. The SMILES string of the molecule is CCCNC(CCC)Cc1cc(C)ccc1C. The fourth-order valence-corrected chi connectivity index (χ4v) is 2.26. The van der Waals surface area contributed by atoms with Crippen LogP contribution in [0.1, 0.15) is 49.8 Å². The van der Waals surface area contributed by atoms with Crippen LogP contribution in [0.2, 0.25) is 0 Å². The van der Waals surface area contributed by atoms with E-state index in [0.717, 1.165) is 6.54 Å². The largest absolute Gasteiger partial charge is 0.314 e. The minimum absolute atomic E-state index is 0.639. The van der Waals surface area contributed by atoms with Gasteiger partial charge in [-0.3, -0.25) is 0 Å². The zero-order valence-corrected chi connectivity index (χ0v) is 11.8. The summed E-state index contributed by atoms with van der Waals surface area (Å²) in [6.45, 7) is 10.0. The van der Waals surface area contributed by atoms with Crippen molar-refractivity contribution in [3.8, 4) is 0 Å². The fourth-order valence-electron chi connectivity index (χ4n) is 2.26. The average molecular weight is 233 g/mol. The van der Waals surface area contributed by atoms with E-state index in [1.807, 2.05) is 0 Å². The Balaban J connectivity index is 2.67. The average Bonchev–Trinajstić information content (AvgIpc) is 2.31. The molecule has 96 valence electrons. The van der Waals surface area contributed by atoms with E-state index in [2.05, 4.69) is 51.2 Å². The molecule has 0 fully saturated rings. The Hall–Kier alpha value is -0.820. The summed E-state index contributed by atoms with van der Waals surface area (Å²) >= 11 is 0. The summed E-state index contributed by atoms with van der Waals surface area (Å²) in [6.07, 6.45) is 4.91. The lowest BCUT2D eigenvalue weighted by molar-refractivity contribution is 0.472. The van der Waals surface area contributed by atoms with Crippen LogP contribution >= 0.6 is 0 Å². The molecule has 1 rings (SSSR count). The summed E-state index contributed by atoms with van der Waals surface area (Å²) in [4.78, 5) is 0. The summed E-state index contributed by atoms with van der Waals surface area (Å²) < 4.78 is 0. The van der Waals surface area contributed by atoms with Crippen LogP contribution in [-0.2, 0) is 6.42 Å². The molecule has 0 saturated heterocycles. The van der Waals surface area contributed by atoms with Gasteiger partial charge >= 0.3 is 0 Å². The second-order valence-corrected chi connectivity index (χ2v) is 5.07. The summed E-state index contributed by atoms with van der Waals surface area (Å²) in [5.74, 6) is 0. The molecule has 0 amide bonds. The molecule has 0 aliphatic rings. The van der Waals surface area contributed by atoms with Crippen molar-refractivity contribution >= 4 is 0 Å². The van der Waals surface area contributed by atoms with Gasteiger partial charge in [-0.15, -0.1) is 0 Å². The van der Waals surface area contributed by atoms with E-state index in [1.165, 1.54) is 42.4 Å². The van der Waals surface area contributed by atoms with Crippen molar-refractivity contribution in [2.24, 2.45) is 0 Å². The standard InChI is InChI=1S/C16H27N/c1-5-7-16(17-10-6-2)12-15-11-13(3)8-9-14(15)4/h8-9,11,16-17H,5-7,10,12H2,1-4H3. The van der Waals surface area contributed by atoms with E-state index in [0.29, 0.717) is 6.04 Å². The summed E-state index contributed by atoms with van der Waals surface area (Å²) in [6, 6.07) is 7.42. The molecule has 1 aromatic carbocycles. The van der Waals surface area contributed by atoms with E-state index >= 15 is 0 Å². The van der Waals surface area contributed by atoms with Crippen molar-refractivity contribution in [1.82, 2.24) is 5.32 Å². The van der Waals surface area contributed by atoms with E-state index < -0.39 is 0 Å². The van der Waals surface area contributed by atoms with Crippen molar-refractivity contribution in [2.75, 3.05) is 6.54 Å². The van der Waals surface area contributed by atoms with E-state index in [9.17, 15) is 0 Å². The number of hydrogen-bond donors (Lipinski definition) is 1. The molecule has 1 N–H and O–H groups in total. The van der Waals surface area contributed by atoms with Crippen LogP contribution in [0.3, 0.4) is 0 Å². The highest BCUT2D eigenvalue weighted by molar-refractivity contribution is 5.31. The number of rotatable bonds is 7. The molecule has 1 heteroatoms. The van der Waals surface area contributed by atoms with Gasteiger partial charge < -0.3 is 5.32 Å². The van der Waals surface area contributed by atoms with Crippen molar-refractivity contribution in [2.45, 2.75) is 59.4 Å². The van der Waals surface area contributed by atoms with E-state index in [1.54, 1.807) is 0 Å². The maximum Gasteiger partial charge on any atom is 0.0107 e. The Morgan fingerprint density at radius 2 is 1.88 bits per heavy atom. The Bertz CT molecular complexity index is 330. The molecule has 1 nitrogen and oxygen atoms in total. The molecule has 1 atom stereocenters. The first-order chi connectivity index (χ1) is 8.17. The zero-order chi connectivity index (χ0) is 12.7. The molecule has 0 bridgehead atoms. The zero-order valence-electron chi connectivity index (χ0n) is 11.8. The van der Waals surface area contributed by atoms with Gasteiger partial charge in [0.15, 0.2) is 0 Å². The lowest BCUT2D eigenvalue weighted by atomic mass is 9.97. The van der Waals surface area contributed by atoms with Crippen molar-refractivity contribution < 1.29 is 0 Å². The highest BCUT2D eigenvalue weighted by atomic mass is 14.9. The molecule has 0 aliphatic carbocycles. The number of benzene rings is 1. The molecule has 0 heterocycles. The van der Waals surface area contributed by atoms with Crippen LogP contribution in [0.4, 0.5) is 0 Å². The molecule has 1 aromatic rings. The fraction of sp³-hybridized carbons (Fsp3) is 0.625. The summed E-state index contributed by atoms with van der Waals surface area (Å²) in [5.41, 5.74) is 4.30. The predicted molar refractivity (Wildman–Crippen MR) is 76.6 cm³/mol. The lowest BCUT2D eigenvalue weighted by Gasteiger charge is -2.19. The molecular formula is C16H27N. The molecule has 0 aromatic heterocycles. The minimum atomic E-state index is 0.639. The third-order valence-electron chi connectivity index (χ3n) is 3.29. The monoisotopic (exact) mass is 233 g/mol. The van der Waals surface area contributed by atoms with Gasteiger partial charge in [0.05, 0.1) is 0 Å². The predicted octanol–water partition coefficient (Wildman–Crippen LogP) is 4.01. The van der Waals surface area contributed by atoms with Crippen molar-refractivity contribution in [3.05, 3.63) is 34.9 Å². The van der Waals surface area contributed by atoms with Gasteiger partial charge in [-0.25, -0.2) is 0 Å². The molecule has 0 saturated carbocycles. The van der Waals surface area contributed by atoms with Gasteiger partial charge in [-0.2, -0.15) is 0 Å². The van der Waals surface area contributed by atoms with Crippen LogP contribution in [0.15, 0.2) is 18.2 Å². The first-order valence-corrected chi connectivity index (χ1v) is 6.96. The van der Waals surface area contributed by atoms with Gasteiger partial charge in [0.2, 0.25) is 0 Å². The first kappa shape index (κ1) is 14.2. The number of nitrogens with one attached hydrogen (secondary N) is 1. The van der Waals surface area contributed by atoms with Crippen molar-refractivity contribution in [1.29, 1.82) is 0 Å². The van der Waals surface area contributed by atoms with Gasteiger partial charge in [0.1, 0.15) is 0 Å². The van der Waals surface area contributed by atoms with Crippen LogP contribution in [0.5, 0.6) is 0 Å². The van der Waals surface area contributed by atoms with Gasteiger partial charge in [-0.05, 0) is 50.8 Å². The van der Waals surface area contributed by atoms with Crippen LogP contribution in [0, 0.1) is 13.8 Å². The normalized spacial score (nSPS) is 12.7. The maximum absolute atomic E-state index is 3.67. The first-order valence-electron chi connectivity index (χ1n) is 6.96. The molecule has 0 spiro atoms. The van der Waals surface area contributed by atoms with Gasteiger partial charge in [0.25, 0.3) is 0 Å². The third kappa shape index (κ3) is 4.91. The van der Waals surface area contributed by atoms with Crippen LogP contribution in [-0.4, -0.2) is 12.6 Å². The third-order valence-corrected chi connectivity index (χ3v) is 3.29. The maximum atomic E-state index is 3.67. The number of hydrogen-bond acceptors (Lipinski definition) is 1. The van der Waals surface area contributed by atoms with Crippen LogP contribution in [0.25, 0.3) is 0 Å². The molecule has 1 unspecified atom stereocenters. The second-order valence-electron chi connectivity index (χ2n) is 5.07. The molecular weight excluding hydrogens is 206 g/mol. The highest BCUT2D eigenvalue weighted by Crippen LogP contribution is 2.14. The Labute approximate surface area is 107 Å². The Morgan fingerprint density at radius 1 is 1.12 bits per heavy atom. The van der Waals surface area contributed by atoms with Gasteiger partial charge in [0, 0.05) is 6.04 Å². The Kier molecular flexibility index (Phi) is 6.28. The quantitative estimate of drug-likeness (QED) is 0.750. The number of aryl methyl sites for hydroxylation is 2. The summed E-state index contributed by atoms with van der Waals surface area (Å²) in [5, 5.41) is 3.67. The highest BCUT2D eigenvalue weighted by Gasteiger charge is 2.09. The van der Waals surface area contributed by atoms with Crippen LogP contribution < -0.4 is 5.32 Å². The second kappa shape index (κ2) is 7.50. The molecule has 17 heavy (non-hydrogen) atoms.